The molecule has 0 radical (unpaired) electrons. The minimum Gasteiger partial charge on any atom is -0.496 e. The van der Waals surface area contributed by atoms with E-state index in [1.807, 2.05) is 49.4 Å². The van der Waals surface area contributed by atoms with E-state index in [0.717, 1.165) is 28.4 Å². The Morgan fingerprint density at radius 3 is 2.19 bits per heavy atom. The molecule has 2 rings (SSSR count). The van der Waals surface area contributed by atoms with E-state index in [-0.39, 0.29) is 0 Å². The third kappa shape index (κ3) is 4.13. The standard InChI is InChI=1S/C17H21NO3/c1-3-20-15-5-7-16(8-6-15)21-12-14-10-13(11-18)4-9-17(14)19-2/h4-10H,3,11-12,18H2,1-2H3. The molecule has 112 valence electrons. The van der Waals surface area contributed by atoms with Gasteiger partial charge in [-0.15, -0.1) is 0 Å². The highest BCUT2D eigenvalue weighted by atomic mass is 16.5. The molecule has 2 aromatic rings. The van der Waals surface area contributed by atoms with Crippen LogP contribution < -0.4 is 19.9 Å². The molecular formula is C17H21NO3. The summed E-state index contributed by atoms with van der Waals surface area (Å²) in [6.07, 6.45) is 0. The lowest BCUT2D eigenvalue weighted by atomic mass is 10.1. The predicted molar refractivity (Wildman–Crippen MR) is 82.8 cm³/mol. The summed E-state index contributed by atoms with van der Waals surface area (Å²) in [5, 5.41) is 0. The molecule has 0 heterocycles. The summed E-state index contributed by atoms with van der Waals surface area (Å²) in [4.78, 5) is 0. The van der Waals surface area contributed by atoms with Gasteiger partial charge in [0.15, 0.2) is 0 Å². The number of benzene rings is 2. The lowest BCUT2D eigenvalue weighted by Crippen LogP contribution is -2.02. The highest BCUT2D eigenvalue weighted by Crippen LogP contribution is 2.23. The van der Waals surface area contributed by atoms with Gasteiger partial charge in [0.2, 0.25) is 0 Å². The molecule has 0 atom stereocenters. The van der Waals surface area contributed by atoms with Crippen LogP contribution in [-0.2, 0) is 13.2 Å². The van der Waals surface area contributed by atoms with Crippen LogP contribution in [0.1, 0.15) is 18.1 Å². The lowest BCUT2D eigenvalue weighted by molar-refractivity contribution is 0.295. The maximum atomic E-state index is 5.79. The Kier molecular flexibility index (Phi) is 5.46. The molecule has 0 bridgehead atoms. The van der Waals surface area contributed by atoms with Crippen LogP contribution in [0.5, 0.6) is 17.2 Å². The molecule has 2 N–H and O–H groups in total. The van der Waals surface area contributed by atoms with Crippen LogP contribution in [0.3, 0.4) is 0 Å². The minimum absolute atomic E-state index is 0.436. The van der Waals surface area contributed by atoms with Gasteiger partial charge in [-0.25, -0.2) is 0 Å². The number of ether oxygens (including phenoxy) is 3. The van der Waals surface area contributed by atoms with Gasteiger partial charge in [-0.1, -0.05) is 6.07 Å². The molecule has 0 saturated carbocycles. The molecular weight excluding hydrogens is 266 g/mol. The van der Waals surface area contributed by atoms with E-state index in [4.69, 9.17) is 19.9 Å². The largest absolute Gasteiger partial charge is 0.496 e. The molecule has 0 amide bonds. The Morgan fingerprint density at radius 2 is 1.62 bits per heavy atom. The first kappa shape index (κ1) is 15.2. The van der Waals surface area contributed by atoms with Gasteiger partial charge in [0.25, 0.3) is 0 Å². The summed E-state index contributed by atoms with van der Waals surface area (Å²) in [7, 11) is 1.65. The van der Waals surface area contributed by atoms with Gasteiger partial charge >= 0.3 is 0 Å². The quantitative estimate of drug-likeness (QED) is 0.850. The summed E-state index contributed by atoms with van der Waals surface area (Å²) in [5.74, 6) is 2.43. The Hall–Kier alpha value is -2.20. The second kappa shape index (κ2) is 7.55. The van der Waals surface area contributed by atoms with Crippen molar-refractivity contribution in [1.29, 1.82) is 0 Å². The Morgan fingerprint density at radius 1 is 0.952 bits per heavy atom. The van der Waals surface area contributed by atoms with Gasteiger partial charge in [0.05, 0.1) is 13.7 Å². The number of nitrogens with two attached hydrogens (primary N) is 1. The fraction of sp³-hybridized carbons (Fsp3) is 0.294. The van der Waals surface area contributed by atoms with Crippen LogP contribution in [0.2, 0.25) is 0 Å². The summed E-state index contributed by atoms with van der Waals surface area (Å²) in [6, 6.07) is 13.5. The maximum Gasteiger partial charge on any atom is 0.125 e. The average Bonchev–Trinajstić information content (AvgIpc) is 2.54. The van der Waals surface area contributed by atoms with Crippen LogP contribution in [0, 0.1) is 0 Å². The van der Waals surface area contributed by atoms with Crippen molar-refractivity contribution in [2.75, 3.05) is 13.7 Å². The monoisotopic (exact) mass is 287 g/mol. The Bertz CT molecular complexity index is 567. The zero-order valence-corrected chi connectivity index (χ0v) is 12.5. The molecule has 0 saturated heterocycles. The molecule has 4 heteroatoms. The zero-order chi connectivity index (χ0) is 15.1. The predicted octanol–water partition coefficient (Wildman–Crippen LogP) is 3.13. The lowest BCUT2D eigenvalue weighted by Gasteiger charge is -2.12. The van der Waals surface area contributed by atoms with E-state index >= 15 is 0 Å². The smallest absolute Gasteiger partial charge is 0.125 e. The molecule has 0 spiro atoms. The van der Waals surface area contributed by atoms with Crippen molar-refractivity contribution in [3.8, 4) is 17.2 Å². The van der Waals surface area contributed by atoms with Gasteiger partial charge < -0.3 is 19.9 Å². The highest BCUT2D eigenvalue weighted by molar-refractivity contribution is 5.38. The minimum atomic E-state index is 0.436. The van der Waals surface area contributed by atoms with Crippen molar-refractivity contribution < 1.29 is 14.2 Å². The third-order valence-electron chi connectivity index (χ3n) is 3.11. The average molecular weight is 287 g/mol. The summed E-state index contributed by atoms with van der Waals surface area (Å²) < 4.78 is 16.5. The van der Waals surface area contributed by atoms with Crippen molar-refractivity contribution in [2.45, 2.75) is 20.1 Å². The number of rotatable bonds is 7. The molecule has 0 fully saturated rings. The van der Waals surface area contributed by atoms with Crippen LogP contribution in [0.4, 0.5) is 0 Å². The van der Waals surface area contributed by atoms with Crippen LogP contribution in [0.25, 0.3) is 0 Å². The number of hydrogen-bond donors (Lipinski definition) is 1. The normalized spacial score (nSPS) is 10.2. The van der Waals surface area contributed by atoms with E-state index in [9.17, 15) is 0 Å². The van der Waals surface area contributed by atoms with Crippen molar-refractivity contribution in [2.24, 2.45) is 5.73 Å². The number of hydrogen-bond acceptors (Lipinski definition) is 4. The van der Waals surface area contributed by atoms with Crippen molar-refractivity contribution in [3.05, 3.63) is 53.6 Å². The van der Waals surface area contributed by atoms with E-state index in [1.54, 1.807) is 7.11 Å². The van der Waals surface area contributed by atoms with Crippen LogP contribution in [0.15, 0.2) is 42.5 Å². The Balaban J connectivity index is 2.04. The molecule has 4 nitrogen and oxygen atoms in total. The fourth-order valence-electron chi connectivity index (χ4n) is 2.03. The molecule has 0 aliphatic rings. The van der Waals surface area contributed by atoms with E-state index in [0.29, 0.717) is 19.8 Å². The van der Waals surface area contributed by atoms with Gasteiger partial charge in [-0.3, -0.25) is 0 Å². The summed E-state index contributed by atoms with van der Waals surface area (Å²) in [6.45, 7) is 3.55. The summed E-state index contributed by atoms with van der Waals surface area (Å²) in [5.41, 5.74) is 7.70. The second-order valence-electron chi connectivity index (χ2n) is 4.54. The van der Waals surface area contributed by atoms with Crippen molar-refractivity contribution >= 4 is 0 Å². The summed E-state index contributed by atoms with van der Waals surface area (Å²) >= 11 is 0. The SMILES string of the molecule is CCOc1ccc(OCc2cc(CN)ccc2OC)cc1. The van der Waals surface area contributed by atoms with E-state index < -0.39 is 0 Å². The van der Waals surface area contributed by atoms with Crippen molar-refractivity contribution in [3.63, 3.8) is 0 Å². The molecule has 0 unspecified atom stereocenters. The fourth-order valence-corrected chi connectivity index (χ4v) is 2.03. The number of methoxy groups -OCH3 is 1. The van der Waals surface area contributed by atoms with Crippen molar-refractivity contribution in [1.82, 2.24) is 0 Å². The molecule has 0 aromatic heterocycles. The molecule has 21 heavy (non-hydrogen) atoms. The first-order valence-electron chi connectivity index (χ1n) is 6.98. The topological polar surface area (TPSA) is 53.7 Å². The maximum absolute atomic E-state index is 5.79. The van der Waals surface area contributed by atoms with E-state index in [1.165, 1.54) is 0 Å². The first-order chi connectivity index (χ1) is 10.3. The molecule has 0 aliphatic carbocycles. The van der Waals surface area contributed by atoms with Crippen LogP contribution in [-0.4, -0.2) is 13.7 Å². The van der Waals surface area contributed by atoms with Gasteiger partial charge in [-0.2, -0.15) is 0 Å². The zero-order valence-electron chi connectivity index (χ0n) is 12.5. The molecule has 0 aliphatic heterocycles. The second-order valence-corrected chi connectivity index (χ2v) is 4.54. The molecule has 2 aromatic carbocycles. The third-order valence-corrected chi connectivity index (χ3v) is 3.11. The van der Waals surface area contributed by atoms with Gasteiger partial charge in [0, 0.05) is 12.1 Å². The highest BCUT2D eigenvalue weighted by Gasteiger charge is 2.05. The van der Waals surface area contributed by atoms with Gasteiger partial charge in [-0.05, 0) is 48.9 Å². The first-order valence-corrected chi connectivity index (χ1v) is 6.98. The van der Waals surface area contributed by atoms with E-state index in [2.05, 4.69) is 0 Å². The van der Waals surface area contributed by atoms with Gasteiger partial charge in [0.1, 0.15) is 23.9 Å². The van der Waals surface area contributed by atoms with Crippen LogP contribution >= 0.6 is 0 Å². The Labute approximate surface area is 125 Å².